The van der Waals surface area contributed by atoms with Crippen LogP contribution in [-0.2, 0) is 0 Å². The molecule has 0 saturated carbocycles. The monoisotopic (exact) mass is 180 g/mol. The largest absolute Gasteiger partial charge is 0.152 e. The Morgan fingerprint density at radius 3 is 2.92 bits per heavy atom. The lowest BCUT2D eigenvalue weighted by molar-refractivity contribution is 0.736. The minimum absolute atomic E-state index is 1.16. The first-order valence-corrected chi connectivity index (χ1v) is 5.49. The Hall–Kier alpha value is -0.560. The molecule has 0 radical (unpaired) electrons. The summed E-state index contributed by atoms with van der Waals surface area (Å²) in [7, 11) is 0. The smallest absolute Gasteiger partial charge is 0.00182 e. The fourth-order valence-electron chi connectivity index (χ4n) is 1.20. The molecule has 12 heavy (non-hydrogen) atoms. The molecule has 0 aromatic carbocycles. The molecule has 0 aliphatic carbocycles. The third-order valence-corrected chi connectivity index (χ3v) is 2.69. The van der Waals surface area contributed by atoms with Crippen molar-refractivity contribution in [2.45, 2.75) is 32.6 Å². The van der Waals surface area contributed by atoms with Crippen molar-refractivity contribution in [1.29, 1.82) is 0 Å². The molecule has 1 rings (SSSR count). The van der Waals surface area contributed by atoms with Gasteiger partial charge in [0.2, 0.25) is 0 Å². The molecule has 1 heteroatoms. The van der Waals surface area contributed by atoms with Gasteiger partial charge in [0.1, 0.15) is 0 Å². The molecule has 0 aliphatic heterocycles. The Morgan fingerprint density at radius 2 is 2.33 bits per heavy atom. The van der Waals surface area contributed by atoms with Crippen LogP contribution in [-0.4, -0.2) is 0 Å². The maximum atomic E-state index is 4.08. The van der Waals surface area contributed by atoms with Gasteiger partial charge in [0.25, 0.3) is 0 Å². The summed E-state index contributed by atoms with van der Waals surface area (Å²) in [6, 6.07) is 2.15. The van der Waals surface area contributed by atoms with Crippen molar-refractivity contribution >= 4 is 16.9 Å². The van der Waals surface area contributed by atoms with E-state index < -0.39 is 0 Å². The molecule has 0 unspecified atom stereocenters. The summed E-state index contributed by atoms with van der Waals surface area (Å²) in [5, 5.41) is 4.29. The predicted octanol–water partition coefficient (Wildman–Crippen LogP) is 4.34. The highest BCUT2D eigenvalue weighted by molar-refractivity contribution is 7.08. The second-order valence-electron chi connectivity index (χ2n) is 3.07. The molecular formula is C11H16S. The number of rotatable bonds is 5. The molecule has 1 heterocycles. The highest BCUT2D eigenvalue weighted by Crippen LogP contribution is 2.21. The standard InChI is InChI=1S/C11H16S/c1-3-4-5-6-10(2)11-7-8-12-9-11/h7-9H,2-6H2,1H3. The van der Waals surface area contributed by atoms with E-state index in [0.29, 0.717) is 0 Å². The fourth-order valence-corrected chi connectivity index (χ4v) is 1.89. The maximum absolute atomic E-state index is 4.08. The second-order valence-corrected chi connectivity index (χ2v) is 3.85. The van der Waals surface area contributed by atoms with Gasteiger partial charge in [0.15, 0.2) is 0 Å². The second kappa shape index (κ2) is 5.15. The van der Waals surface area contributed by atoms with Gasteiger partial charge in [0.05, 0.1) is 0 Å². The molecule has 66 valence electrons. The van der Waals surface area contributed by atoms with Crippen LogP contribution in [0.25, 0.3) is 5.57 Å². The van der Waals surface area contributed by atoms with Crippen LogP contribution in [0.2, 0.25) is 0 Å². The van der Waals surface area contributed by atoms with Gasteiger partial charge in [-0.25, -0.2) is 0 Å². The normalized spacial score (nSPS) is 10.1. The molecule has 0 atom stereocenters. The van der Waals surface area contributed by atoms with Crippen molar-refractivity contribution in [3.05, 3.63) is 29.0 Å². The van der Waals surface area contributed by atoms with Crippen molar-refractivity contribution in [2.75, 3.05) is 0 Å². The molecule has 1 aromatic rings. The van der Waals surface area contributed by atoms with Crippen molar-refractivity contribution in [2.24, 2.45) is 0 Å². The van der Waals surface area contributed by atoms with Gasteiger partial charge in [-0.05, 0) is 40.8 Å². The molecule has 0 saturated heterocycles. The van der Waals surface area contributed by atoms with Crippen LogP contribution in [0.4, 0.5) is 0 Å². The van der Waals surface area contributed by atoms with Crippen LogP contribution in [0.3, 0.4) is 0 Å². The van der Waals surface area contributed by atoms with Gasteiger partial charge < -0.3 is 0 Å². The van der Waals surface area contributed by atoms with Crippen LogP contribution in [0.5, 0.6) is 0 Å². The van der Waals surface area contributed by atoms with Gasteiger partial charge in [0, 0.05) is 0 Å². The summed E-state index contributed by atoms with van der Waals surface area (Å²) in [4.78, 5) is 0. The van der Waals surface area contributed by atoms with Crippen LogP contribution in [0, 0.1) is 0 Å². The molecular weight excluding hydrogens is 164 g/mol. The highest BCUT2D eigenvalue weighted by Gasteiger charge is 1.97. The Kier molecular flexibility index (Phi) is 4.09. The van der Waals surface area contributed by atoms with Crippen LogP contribution in [0.1, 0.15) is 38.2 Å². The Bertz CT molecular complexity index is 221. The third-order valence-electron chi connectivity index (χ3n) is 2.01. The van der Waals surface area contributed by atoms with Gasteiger partial charge in [-0.15, -0.1) is 0 Å². The number of hydrogen-bond donors (Lipinski definition) is 0. The van der Waals surface area contributed by atoms with E-state index in [1.165, 1.54) is 30.4 Å². The van der Waals surface area contributed by atoms with E-state index in [1.807, 2.05) is 0 Å². The molecule has 0 bridgehead atoms. The van der Waals surface area contributed by atoms with Crippen LogP contribution in [0.15, 0.2) is 23.4 Å². The average Bonchev–Trinajstić information content (AvgIpc) is 2.56. The molecule has 0 fully saturated rings. The first kappa shape index (κ1) is 9.53. The van der Waals surface area contributed by atoms with Gasteiger partial charge in [-0.3, -0.25) is 0 Å². The molecule has 0 spiro atoms. The third kappa shape index (κ3) is 2.82. The number of hydrogen-bond acceptors (Lipinski definition) is 1. The van der Waals surface area contributed by atoms with E-state index in [4.69, 9.17) is 0 Å². The zero-order valence-electron chi connectivity index (χ0n) is 7.68. The minimum Gasteiger partial charge on any atom is -0.152 e. The van der Waals surface area contributed by atoms with E-state index in [0.717, 1.165) is 6.42 Å². The SMILES string of the molecule is C=C(CCCCC)c1ccsc1. The minimum atomic E-state index is 1.16. The maximum Gasteiger partial charge on any atom is -0.00182 e. The van der Waals surface area contributed by atoms with E-state index >= 15 is 0 Å². The number of thiophene rings is 1. The lowest BCUT2D eigenvalue weighted by Crippen LogP contribution is -1.80. The van der Waals surface area contributed by atoms with Crippen molar-refractivity contribution in [1.82, 2.24) is 0 Å². The zero-order chi connectivity index (χ0) is 8.81. The zero-order valence-corrected chi connectivity index (χ0v) is 8.49. The topological polar surface area (TPSA) is 0 Å². The van der Waals surface area contributed by atoms with Crippen LogP contribution < -0.4 is 0 Å². The number of allylic oxidation sites excluding steroid dienone is 1. The van der Waals surface area contributed by atoms with Crippen LogP contribution >= 0.6 is 11.3 Å². The van der Waals surface area contributed by atoms with E-state index in [1.54, 1.807) is 11.3 Å². The highest BCUT2D eigenvalue weighted by atomic mass is 32.1. The van der Waals surface area contributed by atoms with Crippen molar-refractivity contribution < 1.29 is 0 Å². The van der Waals surface area contributed by atoms with Gasteiger partial charge in [-0.2, -0.15) is 11.3 Å². The quantitative estimate of drug-likeness (QED) is 0.591. The summed E-state index contributed by atoms with van der Waals surface area (Å²) in [6.07, 6.45) is 5.05. The van der Waals surface area contributed by atoms with E-state index in [2.05, 4.69) is 30.3 Å². The van der Waals surface area contributed by atoms with E-state index in [-0.39, 0.29) is 0 Å². The van der Waals surface area contributed by atoms with Crippen molar-refractivity contribution in [3.8, 4) is 0 Å². The molecule has 0 aliphatic rings. The summed E-state index contributed by atoms with van der Waals surface area (Å²) < 4.78 is 0. The molecule has 0 amide bonds. The predicted molar refractivity (Wildman–Crippen MR) is 57.5 cm³/mol. The van der Waals surface area contributed by atoms with Crippen molar-refractivity contribution in [3.63, 3.8) is 0 Å². The summed E-state index contributed by atoms with van der Waals surface area (Å²) in [5.41, 5.74) is 2.63. The lowest BCUT2D eigenvalue weighted by atomic mass is 10.0. The summed E-state index contributed by atoms with van der Waals surface area (Å²) in [6.45, 7) is 6.31. The average molecular weight is 180 g/mol. The lowest BCUT2D eigenvalue weighted by Gasteiger charge is -2.01. The Balaban J connectivity index is 2.30. The first-order valence-electron chi connectivity index (χ1n) is 4.55. The Morgan fingerprint density at radius 1 is 1.50 bits per heavy atom. The first-order chi connectivity index (χ1) is 5.84. The van der Waals surface area contributed by atoms with Gasteiger partial charge in [-0.1, -0.05) is 26.3 Å². The summed E-state index contributed by atoms with van der Waals surface area (Å²) >= 11 is 1.75. The molecule has 0 nitrogen and oxygen atoms in total. The Labute approximate surface area is 78.9 Å². The van der Waals surface area contributed by atoms with Gasteiger partial charge >= 0.3 is 0 Å². The molecule has 1 aromatic heterocycles. The molecule has 0 N–H and O–H groups in total. The number of unbranched alkanes of at least 4 members (excludes halogenated alkanes) is 2. The summed E-state index contributed by atoms with van der Waals surface area (Å²) in [5.74, 6) is 0. The fraction of sp³-hybridized carbons (Fsp3) is 0.455. The van der Waals surface area contributed by atoms with E-state index in [9.17, 15) is 0 Å².